The first-order chi connectivity index (χ1) is 15.6. The third kappa shape index (κ3) is 6.92. The van der Waals surface area contributed by atoms with Crippen LogP contribution in [0, 0.1) is 5.92 Å². The number of allylic oxidation sites excluding steroid dienone is 2. The number of aliphatic hydroxyl groups excluding tert-OH is 1. The van der Waals surface area contributed by atoms with Gasteiger partial charge in [0.15, 0.2) is 0 Å². The molecule has 7 nitrogen and oxygen atoms in total. The van der Waals surface area contributed by atoms with Crippen LogP contribution in [0.25, 0.3) is 0 Å². The second kappa shape index (κ2) is 12.4. The molecule has 1 N–H and O–H groups in total. The monoisotopic (exact) mass is 442 g/mol. The average Bonchev–Trinajstić information content (AvgIpc) is 3.27. The maximum atomic E-state index is 13.4. The van der Waals surface area contributed by atoms with Crippen molar-refractivity contribution < 1.29 is 24.2 Å². The lowest BCUT2D eigenvalue weighted by atomic mass is 9.97. The van der Waals surface area contributed by atoms with Crippen molar-refractivity contribution in [2.75, 3.05) is 26.3 Å². The second-order valence-electron chi connectivity index (χ2n) is 8.54. The van der Waals surface area contributed by atoms with Crippen LogP contribution < -0.4 is 0 Å². The van der Waals surface area contributed by atoms with Crippen molar-refractivity contribution in [3.8, 4) is 0 Å². The number of carbonyl (C=O) groups excluding carboxylic acids is 3. The van der Waals surface area contributed by atoms with Crippen LogP contribution in [-0.2, 0) is 25.7 Å². The minimum atomic E-state index is -0.465. The number of nitrogens with zero attached hydrogens (tertiary/aromatic N) is 2. The van der Waals surface area contributed by atoms with Gasteiger partial charge in [0.05, 0.1) is 18.6 Å². The molecule has 1 fully saturated rings. The number of ether oxygens (including phenoxy) is 1. The first kappa shape index (κ1) is 24.0. The van der Waals surface area contributed by atoms with E-state index in [1.807, 2.05) is 42.5 Å². The standard InChI is InChI=1S/C25H34N2O5/c28-16-15-26(18-20-9-4-3-5-10-20)23(29)17-21-11-6-1-2-7-13-24(30)32-19-22-12-8-14-27(22)25(21)31/h1,3-6,9-10,21-22,28H,2,7-8,11-19H2/b6-1+/t21-,22-/m1/s1. The van der Waals surface area contributed by atoms with E-state index in [1.165, 1.54) is 0 Å². The van der Waals surface area contributed by atoms with E-state index >= 15 is 0 Å². The van der Waals surface area contributed by atoms with Crippen molar-refractivity contribution in [3.05, 3.63) is 48.0 Å². The van der Waals surface area contributed by atoms with Gasteiger partial charge in [0.25, 0.3) is 0 Å². The maximum Gasteiger partial charge on any atom is 0.305 e. The quantitative estimate of drug-likeness (QED) is 0.541. The minimum Gasteiger partial charge on any atom is -0.463 e. The Morgan fingerprint density at radius 2 is 1.97 bits per heavy atom. The number of amides is 2. The highest BCUT2D eigenvalue weighted by atomic mass is 16.5. The molecule has 0 saturated carbocycles. The lowest BCUT2D eigenvalue weighted by Gasteiger charge is -2.29. The average molecular weight is 443 g/mol. The number of benzene rings is 1. The molecular weight excluding hydrogens is 408 g/mol. The Morgan fingerprint density at radius 1 is 1.16 bits per heavy atom. The van der Waals surface area contributed by atoms with Crippen LogP contribution in [0.5, 0.6) is 0 Å². The third-order valence-corrected chi connectivity index (χ3v) is 6.15. The van der Waals surface area contributed by atoms with Gasteiger partial charge in [-0.3, -0.25) is 14.4 Å². The van der Waals surface area contributed by atoms with E-state index in [0.29, 0.717) is 32.4 Å². The normalized spacial score (nSPS) is 23.3. The van der Waals surface area contributed by atoms with Crippen LogP contribution in [0.1, 0.15) is 50.5 Å². The lowest BCUT2D eigenvalue weighted by Crippen LogP contribution is -2.44. The van der Waals surface area contributed by atoms with Gasteiger partial charge in [0, 0.05) is 32.5 Å². The summed E-state index contributed by atoms with van der Waals surface area (Å²) in [5, 5.41) is 9.48. The molecule has 1 aromatic rings. The molecule has 2 amide bonds. The molecule has 0 bridgehead atoms. The van der Waals surface area contributed by atoms with Crippen LogP contribution >= 0.6 is 0 Å². The van der Waals surface area contributed by atoms with E-state index in [1.54, 1.807) is 9.80 Å². The highest BCUT2D eigenvalue weighted by molar-refractivity contribution is 5.86. The second-order valence-corrected chi connectivity index (χ2v) is 8.54. The molecular formula is C25H34N2O5. The van der Waals surface area contributed by atoms with Gasteiger partial charge in [-0.05, 0) is 37.7 Å². The predicted molar refractivity (Wildman–Crippen MR) is 120 cm³/mol. The molecule has 0 radical (unpaired) electrons. The summed E-state index contributed by atoms with van der Waals surface area (Å²) in [5.74, 6) is -0.873. The van der Waals surface area contributed by atoms with E-state index in [-0.39, 0.29) is 50.0 Å². The van der Waals surface area contributed by atoms with Crippen molar-refractivity contribution in [2.45, 2.75) is 57.5 Å². The van der Waals surface area contributed by atoms with Crippen LogP contribution in [0.3, 0.4) is 0 Å². The lowest BCUT2D eigenvalue weighted by molar-refractivity contribution is -0.149. The van der Waals surface area contributed by atoms with Crippen molar-refractivity contribution in [1.82, 2.24) is 9.80 Å². The van der Waals surface area contributed by atoms with Gasteiger partial charge in [-0.1, -0.05) is 42.5 Å². The molecule has 0 aliphatic carbocycles. The molecule has 1 saturated heterocycles. The topological polar surface area (TPSA) is 87.2 Å². The van der Waals surface area contributed by atoms with Gasteiger partial charge in [0.1, 0.15) is 6.61 Å². The first-order valence-electron chi connectivity index (χ1n) is 11.6. The fourth-order valence-electron chi connectivity index (χ4n) is 4.37. The highest BCUT2D eigenvalue weighted by Crippen LogP contribution is 2.25. The largest absolute Gasteiger partial charge is 0.463 e. The number of fused-ring (bicyclic) bond motifs is 1. The van der Waals surface area contributed by atoms with Gasteiger partial charge in [-0.2, -0.15) is 0 Å². The van der Waals surface area contributed by atoms with Crippen molar-refractivity contribution in [3.63, 3.8) is 0 Å². The van der Waals surface area contributed by atoms with Crippen LogP contribution in [0.4, 0.5) is 0 Å². The van der Waals surface area contributed by atoms with Gasteiger partial charge >= 0.3 is 5.97 Å². The molecule has 1 aromatic carbocycles. The van der Waals surface area contributed by atoms with Gasteiger partial charge in [-0.15, -0.1) is 0 Å². The summed E-state index contributed by atoms with van der Waals surface area (Å²) in [6.45, 7) is 1.35. The molecule has 2 aliphatic rings. The smallest absolute Gasteiger partial charge is 0.305 e. The van der Waals surface area contributed by atoms with Crippen molar-refractivity contribution >= 4 is 17.8 Å². The van der Waals surface area contributed by atoms with Gasteiger partial charge in [0.2, 0.25) is 11.8 Å². The van der Waals surface area contributed by atoms with E-state index in [4.69, 9.17) is 4.74 Å². The molecule has 7 heteroatoms. The summed E-state index contributed by atoms with van der Waals surface area (Å²) in [5.41, 5.74) is 0.983. The van der Waals surface area contributed by atoms with Crippen LogP contribution in [0.15, 0.2) is 42.5 Å². The summed E-state index contributed by atoms with van der Waals surface area (Å²) >= 11 is 0. The molecule has 0 spiro atoms. The Bertz CT molecular complexity index is 795. The Hall–Kier alpha value is -2.67. The van der Waals surface area contributed by atoms with Gasteiger partial charge < -0.3 is 19.6 Å². The molecule has 2 aliphatic heterocycles. The number of hydrogen-bond acceptors (Lipinski definition) is 5. The van der Waals surface area contributed by atoms with Crippen molar-refractivity contribution in [2.24, 2.45) is 5.92 Å². The highest BCUT2D eigenvalue weighted by Gasteiger charge is 2.35. The zero-order valence-electron chi connectivity index (χ0n) is 18.7. The zero-order chi connectivity index (χ0) is 22.8. The number of carbonyl (C=O) groups is 3. The Kier molecular flexibility index (Phi) is 9.28. The Morgan fingerprint density at radius 3 is 2.75 bits per heavy atom. The summed E-state index contributed by atoms with van der Waals surface area (Å²) in [4.78, 5) is 41.9. The number of hydrogen-bond donors (Lipinski definition) is 1. The molecule has 0 unspecified atom stereocenters. The molecule has 0 aromatic heterocycles. The molecule has 32 heavy (non-hydrogen) atoms. The number of rotatable bonds is 6. The van der Waals surface area contributed by atoms with E-state index < -0.39 is 5.92 Å². The summed E-state index contributed by atoms with van der Waals surface area (Å²) in [6, 6.07) is 9.53. The Balaban J connectivity index is 1.73. The fraction of sp³-hybridized carbons (Fsp3) is 0.560. The molecule has 3 rings (SSSR count). The zero-order valence-corrected chi connectivity index (χ0v) is 18.7. The summed E-state index contributed by atoms with van der Waals surface area (Å²) in [7, 11) is 0. The molecule has 2 heterocycles. The third-order valence-electron chi connectivity index (χ3n) is 6.15. The summed E-state index contributed by atoms with van der Waals surface area (Å²) in [6.07, 6.45) is 8.02. The summed E-state index contributed by atoms with van der Waals surface area (Å²) < 4.78 is 5.41. The van der Waals surface area contributed by atoms with E-state index in [0.717, 1.165) is 24.8 Å². The number of aliphatic hydroxyl groups is 1. The molecule has 2 atom stereocenters. The number of esters is 1. The SMILES string of the molecule is O=C1CCC/C=C/C[C@H](CC(=O)N(CCO)Cc2ccccc2)C(=O)N2CCC[C@@H]2CO1. The minimum absolute atomic E-state index is 0.0514. The first-order valence-corrected chi connectivity index (χ1v) is 11.6. The van der Waals surface area contributed by atoms with Crippen molar-refractivity contribution in [1.29, 1.82) is 0 Å². The van der Waals surface area contributed by atoms with Crippen LogP contribution in [-0.4, -0.2) is 65.0 Å². The van der Waals surface area contributed by atoms with E-state index in [2.05, 4.69) is 0 Å². The van der Waals surface area contributed by atoms with E-state index in [9.17, 15) is 19.5 Å². The predicted octanol–water partition coefficient (Wildman–Crippen LogP) is 2.68. The Labute approximate surface area is 190 Å². The molecule has 174 valence electrons. The maximum absolute atomic E-state index is 13.4. The van der Waals surface area contributed by atoms with Gasteiger partial charge in [-0.25, -0.2) is 0 Å². The number of cyclic esters (lactones) is 1. The fourth-order valence-corrected chi connectivity index (χ4v) is 4.37. The van der Waals surface area contributed by atoms with Crippen LogP contribution in [0.2, 0.25) is 0 Å².